The number of hydrogen-bond donors (Lipinski definition) is 0. The molecule has 162 valence electrons. The molecule has 0 aliphatic carbocycles. The van der Waals surface area contributed by atoms with Gasteiger partial charge in [0.2, 0.25) is 0 Å². The van der Waals surface area contributed by atoms with Gasteiger partial charge in [-0.15, -0.1) is 0 Å². The van der Waals surface area contributed by atoms with Gasteiger partial charge in [0.25, 0.3) is 0 Å². The van der Waals surface area contributed by atoms with Crippen LogP contribution in [-0.2, 0) is 9.53 Å². The van der Waals surface area contributed by atoms with Gasteiger partial charge in [0.05, 0.1) is 4.90 Å². The van der Waals surface area contributed by atoms with Gasteiger partial charge in [-0.05, 0) is 76.6 Å². The highest BCUT2D eigenvalue weighted by molar-refractivity contribution is 9.10. The maximum Gasteiger partial charge on any atom is 0.323 e. The Morgan fingerprint density at radius 2 is 2.07 bits per heavy atom. The van der Waals surface area contributed by atoms with Crippen LogP contribution in [0.3, 0.4) is 0 Å². The van der Waals surface area contributed by atoms with Crippen molar-refractivity contribution in [1.82, 2.24) is 4.90 Å². The summed E-state index contributed by atoms with van der Waals surface area (Å²) in [4.78, 5) is 16.3. The summed E-state index contributed by atoms with van der Waals surface area (Å²) < 4.78 is 26.1. The first kappa shape index (κ1) is 23.1. The third kappa shape index (κ3) is 6.72. The molecule has 1 fully saturated rings. The summed E-state index contributed by atoms with van der Waals surface area (Å²) in [6.45, 7) is 7.62. The molecule has 0 aromatic heterocycles. The van der Waals surface area contributed by atoms with Gasteiger partial charge in [0, 0.05) is 15.9 Å². The standard InChI is InChI=1S/C23H27BrFNO3S/c1-23(2,3)29-22(27)19-8-5-11-26(19)12-13-28-20-10-9-16(24)14-21(20)30-18-7-4-6-17(25)15-18/h4,6-7,9-10,14-15,19H,5,8,11-13H2,1-3H3/t19-/m0/s1. The van der Waals surface area contributed by atoms with Gasteiger partial charge in [-0.1, -0.05) is 33.8 Å². The first-order valence-electron chi connectivity index (χ1n) is 10.0. The number of carbonyl (C=O) groups excluding carboxylic acids is 1. The fraction of sp³-hybridized carbons (Fsp3) is 0.435. The molecule has 0 radical (unpaired) electrons. The Bertz CT molecular complexity index is 887. The second-order valence-corrected chi connectivity index (χ2v) is 10.3. The highest BCUT2D eigenvalue weighted by Crippen LogP contribution is 2.37. The van der Waals surface area contributed by atoms with Crippen molar-refractivity contribution in [3.05, 3.63) is 52.8 Å². The molecule has 2 aromatic carbocycles. The molecule has 1 heterocycles. The van der Waals surface area contributed by atoms with Crippen molar-refractivity contribution in [2.24, 2.45) is 0 Å². The zero-order chi connectivity index (χ0) is 21.7. The van der Waals surface area contributed by atoms with Crippen LogP contribution < -0.4 is 4.74 Å². The summed E-state index contributed by atoms with van der Waals surface area (Å²) in [5.74, 6) is 0.311. The number of nitrogens with zero attached hydrogens (tertiary/aromatic N) is 1. The number of esters is 1. The lowest BCUT2D eigenvalue weighted by Gasteiger charge is -2.27. The van der Waals surface area contributed by atoms with E-state index >= 15 is 0 Å². The lowest BCUT2D eigenvalue weighted by molar-refractivity contribution is -0.160. The number of likely N-dealkylation sites (tertiary alicyclic amines) is 1. The van der Waals surface area contributed by atoms with Gasteiger partial charge in [0.1, 0.15) is 29.8 Å². The average molecular weight is 496 g/mol. The Kier molecular flexibility index (Phi) is 7.82. The average Bonchev–Trinajstić information content (AvgIpc) is 3.11. The lowest BCUT2D eigenvalue weighted by atomic mass is 10.1. The number of benzene rings is 2. The van der Waals surface area contributed by atoms with Gasteiger partial charge in [-0.3, -0.25) is 9.69 Å². The van der Waals surface area contributed by atoms with E-state index in [4.69, 9.17) is 9.47 Å². The third-order valence-corrected chi connectivity index (χ3v) is 6.13. The zero-order valence-electron chi connectivity index (χ0n) is 17.5. The quantitative estimate of drug-likeness (QED) is 0.445. The summed E-state index contributed by atoms with van der Waals surface area (Å²) in [7, 11) is 0. The van der Waals surface area contributed by atoms with Gasteiger partial charge in [-0.25, -0.2) is 4.39 Å². The summed E-state index contributed by atoms with van der Waals surface area (Å²) in [6, 6.07) is 12.1. The van der Waals surface area contributed by atoms with Gasteiger partial charge < -0.3 is 9.47 Å². The Balaban J connectivity index is 1.61. The third-order valence-electron chi connectivity index (χ3n) is 4.61. The Morgan fingerprint density at radius 3 is 2.80 bits per heavy atom. The molecule has 1 saturated heterocycles. The molecule has 7 heteroatoms. The molecule has 30 heavy (non-hydrogen) atoms. The van der Waals surface area contributed by atoms with E-state index in [1.807, 2.05) is 45.0 Å². The number of rotatable bonds is 7. The Labute approximate surface area is 190 Å². The van der Waals surface area contributed by atoms with E-state index in [-0.39, 0.29) is 17.8 Å². The molecule has 1 aliphatic rings. The highest BCUT2D eigenvalue weighted by atomic mass is 79.9. The van der Waals surface area contributed by atoms with E-state index in [0.717, 1.165) is 39.4 Å². The van der Waals surface area contributed by atoms with Gasteiger partial charge in [0.15, 0.2) is 0 Å². The Morgan fingerprint density at radius 1 is 1.27 bits per heavy atom. The first-order chi connectivity index (χ1) is 14.2. The minimum absolute atomic E-state index is 0.161. The van der Waals surface area contributed by atoms with Crippen molar-refractivity contribution in [1.29, 1.82) is 0 Å². The molecule has 0 saturated carbocycles. The zero-order valence-corrected chi connectivity index (χ0v) is 19.9. The number of carbonyl (C=O) groups is 1. The molecule has 0 bridgehead atoms. The van der Waals surface area contributed by atoms with Crippen LogP contribution in [0.25, 0.3) is 0 Å². The van der Waals surface area contributed by atoms with E-state index in [2.05, 4.69) is 20.8 Å². The van der Waals surface area contributed by atoms with Crippen LogP contribution >= 0.6 is 27.7 Å². The van der Waals surface area contributed by atoms with E-state index < -0.39 is 5.60 Å². The maximum atomic E-state index is 13.5. The van der Waals surface area contributed by atoms with Crippen molar-refractivity contribution in [3.8, 4) is 5.75 Å². The smallest absolute Gasteiger partial charge is 0.323 e. The van der Waals surface area contributed by atoms with Crippen molar-refractivity contribution in [2.75, 3.05) is 19.7 Å². The molecule has 0 unspecified atom stereocenters. The van der Waals surface area contributed by atoms with E-state index in [1.54, 1.807) is 6.07 Å². The second-order valence-electron chi connectivity index (χ2n) is 8.23. The summed E-state index contributed by atoms with van der Waals surface area (Å²) >= 11 is 4.95. The van der Waals surface area contributed by atoms with Crippen LogP contribution in [0, 0.1) is 5.82 Å². The predicted octanol–water partition coefficient (Wildman–Crippen LogP) is 5.92. The molecular weight excluding hydrogens is 469 g/mol. The fourth-order valence-corrected chi connectivity index (χ4v) is 4.84. The van der Waals surface area contributed by atoms with Crippen LogP contribution in [0.15, 0.2) is 56.7 Å². The lowest BCUT2D eigenvalue weighted by Crippen LogP contribution is -2.42. The van der Waals surface area contributed by atoms with Crippen molar-refractivity contribution in [2.45, 2.75) is 55.0 Å². The molecule has 1 aliphatic heterocycles. The normalized spacial score (nSPS) is 17.2. The number of ether oxygens (including phenoxy) is 2. The Hall–Kier alpha value is -1.57. The number of halogens is 2. The van der Waals surface area contributed by atoms with Crippen LogP contribution in [0.1, 0.15) is 33.6 Å². The topological polar surface area (TPSA) is 38.8 Å². The first-order valence-corrected chi connectivity index (χ1v) is 11.6. The van der Waals surface area contributed by atoms with Crippen LogP contribution in [0.2, 0.25) is 0 Å². The van der Waals surface area contributed by atoms with Gasteiger partial charge >= 0.3 is 5.97 Å². The molecule has 0 amide bonds. The summed E-state index contributed by atoms with van der Waals surface area (Å²) in [6.07, 6.45) is 1.79. The fourth-order valence-electron chi connectivity index (χ4n) is 3.34. The minimum Gasteiger partial charge on any atom is -0.491 e. The second kappa shape index (κ2) is 10.2. The predicted molar refractivity (Wildman–Crippen MR) is 121 cm³/mol. The van der Waals surface area contributed by atoms with Crippen molar-refractivity contribution < 1.29 is 18.7 Å². The molecule has 3 rings (SSSR count). The molecule has 1 atom stereocenters. The summed E-state index contributed by atoms with van der Waals surface area (Å²) in [5, 5.41) is 0. The van der Waals surface area contributed by atoms with Gasteiger partial charge in [-0.2, -0.15) is 0 Å². The molecule has 0 spiro atoms. The van der Waals surface area contributed by atoms with E-state index in [9.17, 15) is 9.18 Å². The molecular formula is C23H27BrFNO3S. The van der Waals surface area contributed by atoms with Crippen LogP contribution in [0.5, 0.6) is 5.75 Å². The minimum atomic E-state index is -0.484. The number of hydrogen-bond acceptors (Lipinski definition) is 5. The summed E-state index contributed by atoms with van der Waals surface area (Å²) in [5.41, 5.74) is -0.484. The van der Waals surface area contributed by atoms with Crippen LogP contribution in [0.4, 0.5) is 4.39 Å². The SMILES string of the molecule is CC(C)(C)OC(=O)[C@@H]1CCCN1CCOc1ccc(Br)cc1Sc1cccc(F)c1. The van der Waals surface area contributed by atoms with E-state index in [1.165, 1.54) is 23.9 Å². The largest absolute Gasteiger partial charge is 0.491 e. The van der Waals surface area contributed by atoms with Crippen molar-refractivity contribution >= 4 is 33.7 Å². The molecule has 0 N–H and O–H groups in total. The van der Waals surface area contributed by atoms with Crippen LogP contribution in [-0.4, -0.2) is 42.2 Å². The van der Waals surface area contributed by atoms with Crippen molar-refractivity contribution in [3.63, 3.8) is 0 Å². The van der Waals surface area contributed by atoms with E-state index in [0.29, 0.717) is 13.2 Å². The molecule has 4 nitrogen and oxygen atoms in total. The highest BCUT2D eigenvalue weighted by Gasteiger charge is 2.33. The maximum absolute atomic E-state index is 13.5. The molecule has 2 aromatic rings. The monoisotopic (exact) mass is 495 g/mol.